The maximum Gasteiger partial charge on any atom is 0.120 e. The Morgan fingerprint density at radius 3 is 2.31 bits per heavy atom. The average Bonchev–Trinajstić information content (AvgIpc) is 2.22. The lowest BCUT2D eigenvalue weighted by atomic mass is 10.2. The van der Waals surface area contributed by atoms with E-state index in [1.54, 1.807) is 7.11 Å². The molecule has 0 aliphatic rings. The quantitative estimate of drug-likeness (QED) is 0.757. The van der Waals surface area contributed by atoms with Gasteiger partial charge in [-0.05, 0) is 18.6 Å². The van der Waals surface area contributed by atoms with Crippen LogP contribution in [-0.4, -0.2) is 14.2 Å². The number of benzene rings is 1. The van der Waals surface area contributed by atoms with Gasteiger partial charge in [0.25, 0.3) is 0 Å². The van der Waals surface area contributed by atoms with Crippen LogP contribution in [0, 0.1) is 6.92 Å². The van der Waals surface area contributed by atoms with Crippen molar-refractivity contribution in [3.63, 3.8) is 0 Å². The molecule has 0 spiro atoms. The highest BCUT2D eigenvalue weighted by Gasteiger charge is 1.96. The molecule has 0 amide bonds. The Labute approximate surface area is 80.9 Å². The van der Waals surface area contributed by atoms with E-state index in [0.29, 0.717) is 0 Å². The van der Waals surface area contributed by atoms with Crippen LogP contribution in [0.3, 0.4) is 0 Å². The highest BCUT2D eigenvalue weighted by molar-refractivity contribution is 5.53. The molecule has 0 bridgehead atoms. The predicted molar refractivity (Wildman–Crippen MR) is 58.6 cm³/mol. The van der Waals surface area contributed by atoms with Gasteiger partial charge in [0.2, 0.25) is 0 Å². The molecule has 0 heterocycles. The maximum absolute atomic E-state index is 5.07. The zero-order valence-electron chi connectivity index (χ0n) is 9.14. The number of nitrogens with one attached hydrogen (secondary N) is 1. The van der Waals surface area contributed by atoms with Crippen LogP contribution in [0.5, 0.6) is 5.75 Å². The van der Waals surface area contributed by atoms with Gasteiger partial charge < -0.3 is 10.1 Å². The van der Waals surface area contributed by atoms with Crippen molar-refractivity contribution < 1.29 is 4.74 Å². The highest BCUT2D eigenvalue weighted by Crippen LogP contribution is 2.20. The zero-order chi connectivity index (χ0) is 10.3. The minimum atomic E-state index is 0.889. The van der Waals surface area contributed by atoms with Gasteiger partial charge in [-0.15, -0.1) is 0 Å². The molecule has 0 aliphatic carbocycles. The van der Waals surface area contributed by atoms with E-state index in [0.717, 1.165) is 11.4 Å². The van der Waals surface area contributed by atoms with Crippen LogP contribution in [0.2, 0.25) is 0 Å². The fourth-order valence-corrected chi connectivity index (χ4v) is 0.997. The first kappa shape index (κ1) is 11.8. The molecule has 2 nitrogen and oxygen atoms in total. The van der Waals surface area contributed by atoms with Gasteiger partial charge in [-0.2, -0.15) is 0 Å². The third-order valence-corrected chi connectivity index (χ3v) is 1.71. The van der Waals surface area contributed by atoms with Gasteiger partial charge in [0.05, 0.1) is 7.11 Å². The number of hydrogen-bond donors (Lipinski definition) is 1. The molecule has 0 radical (unpaired) electrons. The summed E-state index contributed by atoms with van der Waals surface area (Å²) < 4.78 is 5.07. The van der Waals surface area contributed by atoms with E-state index in [1.807, 2.05) is 39.1 Å². The summed E-state index contributed by atoms with van der Waals surface area (Å²) in [6.07, 6.45) is 0. The Bertz CT molecular complexity index is 246. The topological polar surface area (TPSA) is 21.3 Å². The Balaban J connectivity index is 0.000000671. The Hall–Kier alpha value is -1.18. The summed E-state index contributed by atoms with van der Waals surface area (Å²) in [6, 6.07) is 5.97. The molecule has 13 heavy (non-hydrogen) atoms. The van der Waals surface area contributed by atoms with Crippen LogP contribution in [0.4, 0.5) is 5.69 Å². The maximum atomic E-state index is 5.07. The summed E-state index contributed by atoms with van der Waals surface area (Å²) in [4.78, 5) is 0. The molecule has 0 atom stereocenters. The van der Waals surface area contributed by atoms with Crippen LogP contribution in [0.15, 0.2) is 18.2 Å². The number of methoxy groups -OCH3 is 1. The second-order valence-electron chi connectivity index (χ2n) is 2.43. The minimum Gasteiger partial charge on any atom is -0.497 e. The van der Waals surface area contributed by atoms with Crippen molar-refractivity contribution >= 4 is 5.69 Å². The lowest BCUT2D eigenvalue weighted by Crippen LogP contribution is -1.92. The van der Waals surface area contributed by atoms with E-state index in [4.69, 9.17) is 4.74 Å². The van der Waals surface area contributed by atoms with Crippen molar-refractivity contribution in [3.8, 4) is 5.75 Å². The van der Waals surface area contributed by atoms with Gasteiger partial charge in [-0.3, -0.25) is 0 Å². The van der Waals surface area contributed by atoms with Gasteiger partial charge in [-0.1, -0.05) is 19.9 Å². The highest BCUT2D eigenvalue weighted by atomic mass is 16.5. The van der Waals surface area contributed by atoms with E-state index < -0.39 is 0 Å². The molecule has 0 aliphatic heterocycles. The van der Waals surface area contributed by atoms with Crippen LogP contribution >= 0.6 is 0 Å². The van der Waals surface area contributed by atoms with E-state index in [1.165, 1.54) is 5.56 Å². The molecule has 2 heteroatoms. The molecular formula is C11H19NO. The van der Waals surface area contributed by atoms with Gasteiger partial charge in [0.1, 0.15) is 5.75 Å². The van der Waals surface area contributed by atoms with Crippen LogP contribution in [0.25, 0.3) is 0 Å². The Morgan fingerprint density at radius 1 is 1.23 bits per heavy atom. The number of ether oxygens (including phenoxy) is 1. The van der Waals surface area contributed by atoms with Crippen molar-refractivity contribution in [2.24, 2.45) is 0 Å². The van der Waals surface area contributed by atoms with E-state index >= 15 is 0 Å². The summed E-state index contributed by atoms with van der Waals surface area (Å²) in [5.74, 6) is 0.889. The largest absolute Gasteiger partial charge is 0.497 e. The smallest absolute Gasteiger partial charge is 0.120 e. The van der Waals surface area contributed by atoms with Crippen molar-refractivity contribution in [1.82, 2.24) is 0 Å². The lowest BCUT2D eigenvalue weighted by molar-refractivity contribution is 0.415. The average molecular weight is 181 g/mol. The molecule has 0 saturated heterocycles. The molecule has 0 fully saturated rings. The Morgan fingerprint density at radius 2 is 1.85 bits per heavy atom. The van der Waals surface area contributed by atoms with E-state index in [9.17, 15) is 0 Å². The second-order valence-corrected chi connectivity index (χ2v) is 2.43. The summed E-state index contributed by atoms with van der Waals surface area (Å²) in [5.41, 5.74) is 2.35. The fourth-order valence-electron chi connectivity index (χ4n) is 0.997. The molecule has 74 valence electrons. The van der Waals surface area contributed by atoms with Crippen molar-refractivity contribution in [2.45, 2.75) is 20.8 Å². The van der Waals surface area contributed by atoms with Crippen LogP contribution < -0.4 is 10.1 Å². The number of anilines is 1. The predicted octanol–water partition coefficient (Wildman–Crippen LogP) is 3.07. The first-order valence-electron chi connectivity index (χ1n) is 4.60. The molecule has 0 saturated carbocycles. The molecule has 1 aromatic carbocycles. The molecule has 1 N–H and O–H groups in total. The molecule has 1 rings (SSSR count). The summed E-state index contributed by atoms with van der Waals surface area (Å²) >= 11 is 0. The number of aryl methyl sites for hydroxylation is 1. The van der Waals surface area contributed by atoms with Gasteiger partial charge in [-0.25, -0.2) is 0 Å². The zero-order valence-corrected chi connectivity index (χ0v) is 9.14. The molecule has 0 unspecified atom stereocenters. The first-order chi connectivity index (χ1) is 6.27. The molecular weight excluding hydrogens is 162 g/mol. The normalized spacial score (nSPS) is 8.38. The summed E-state index contributed by atoms with van der Waals surface area (Å²) in [5, 5.41) is 3.09. The third kappa shape index (κ3) is 3.36. The van der Waals surface area contributed by atoms with Gasteiger partial charge >= 0.3 is 0 Å². The number of hydrogen-bond acceptors (Lipinski definition) is 2. The number of rotatable bonds is 2. The minimum absolute atomic E-state index is 0.889. The SMILES string of the molecule is CC.CNc1cc(OC)ccc1C. The third-order valence-electron chi connectivity index (χ3n) is 1.71. The van der Waals surface area contributed by atoms with Gasteiger partial charge in [0, 0.05) is 18.8 Å². The fraction of sp³-hybridized carbons (Fsp3) is 0.455. The summed E-state index contributed by atoms with van der Waals surface area (Å²) in [7, 11) is 3.58. The van der Waals surface area contributed by atoms with E-state index in [2.05, 4.69) is 12.2 Å². The second kappa shape index (κ2) is 6.35. The van der Waals surface area contributed by atoms with Crippen LogP contribution in [0.1, 0.15) is 19.4 Å². The first-order valence-corrected chi connectivity index (χ1v) is 4.60. The van der Waals surface area contributed by atoms with E-state index in [-0.39, 0.29) is 0 Å². The van der Waals surface area contributed by atoms with Crippen molar-refractivity contribution in [3.05, 3.63) is 23.8 Å². The van der Waals surface area contributed by atoms with Crippen LogP contribution in [-0.2, 0) is 0 Å². The monoisotopic (exact) mass is 181 g/mol. The molecule has 0 aromatic heterocycles. The lowest BCUT2D eigenvalue weighted by Gasteiger charge is -2.06. The van der Waals surface area contributed by atoms with Crippen molar-refractivity contribution in [1.29, 1.82) is 0 Å². The van der Waals surface area contributed by atoms with Crippen molar-refractivity contribution in [2.75, 3.05) is 19.5 Å². The van der Waals surface area contributed by atoms with Gasteiger partial charge in [0.15, 0.2) is 0 Å². The Kier molecular flexibility index (Phi) is 5.77. The standard InChI is InChI=1S/C9H13NO.C2H6/c1-7-4-5-8(11-3)6-9(7)10-2;1-2/h4-6,10H,1-3H3;1-2H3. The molecule has 1 aromatic rings. The summed E-state index contributed by atoms with van der Waals surface area (Å²) in [6.45, 7) is 6.06.